The summed E-state index contributed by atoms with van der Waals surface area (Å²) < 4.78 is 5.36. The molecule has 106 valence electrons. The number of halogens is 2. The van der Waals surface area contributed by atoms with Crippen molar-refractivity contribution in [3.05, 3.63) is 27.7 Å². The Balaban J connectivity index is 2.13. The SMILES string of the molecule is COc1c(Cl)cc(Cl)cc1CN1CCC[C@@H](O)CC1. The van der Waals surface area contributed by atoms with Gasteiger partial charge in [0.05, 0.1) is 18.2 Å². The lowest BCUT2D eigenvalue weighted by Crippen LogP contribution is -2.25. The fourth-order valence-corrected chi connectivity index (χ4v) is 3.11. The van der Waals surface area contributed by atoms with Crippen LogP contribution < -0.4 is 4.74 Å². The van der Waals surface area contributed by atoms with E-state index in [0.29, 0.717) is 15.8 Å². The Hall–Kier alpha value is -0.480. The van der Waals surface area contributed by atoms with E-state index in [1.54, 1.807) is 13.2 Å². The van der Waals surface area contributed by atoms with Crippen molar-refractivity contribution >= 4 is 23.2 Å². The largest absolute Gasteiger partial charge is 0.495 e. The smallest absolute Gasteiger partial charge is 0.142 e. The summed E-state index contributed by atoms with van der Waals surface area (Å²) in [6.45, 7) is 2.61. The lowest BCUT2D eigenvalue weighted by molar-refractivity contribution is 0.154. The highest BCUT2D eigenvalue weighted by Crippen LogP contribution is 2.33. The minimum Gasteiger partial charge on any atom is -0.495 e. The monoisotopic (exact) mass is 303 g/mol. The normalized spacial score (nSPS) is 21.2. The molecule has 5 heteroatoms. The number of methoxy groups -OCH3 is 1. The fourth-order valence-electron chi connectivity index (χ4n) is 2.50. The topological polar surface area (TPSA) is 32.7 Å². The van der Waals surface area contributed by atoms with Crippen molar-refractivity contribution in [2.24, 2.45) is 0 Å². The minimum absolute atomic E-state index is 0.171. The predicted molar refractivity (Wildman–Crippen MR) is 78.1 cm³/mol. The van der Waals surface area contributed by atoms with E-state index < -0.39 is 0 Å². The molecule has 1 N–H and O–H groups in total. The lowest BCUT2D eigenvalue weighted by Gasteiger charge is -2.21. The molecule has 0 saturated carbocycles. The van der Waals surface area contributed by atoms with Gasteiger partial charge in [0.15, 0.2) is 0 Å². The maximum Gasteiger partial charge on any atom is 0.142 e. The first-order valence-electron chi connectivity index (χ1n) is 6.52. The van der Waals surface area contributed by atoms with Crippen molar-refractivity contribution in [3.8, 4) is 5.75 Å². The average Bonchev–Trinajstić information content (AvgIpc) is 2.54. The molecule has 3 nitrogen and oxygen atoms in total. The Morgan fingerprint density at radius 2 is 2.11 bits per heavy atom. The lowest BCUT2D eigenvalue weighted by atomic mass is 10.1. The van der Waals surface area contributed by atoms with Gasteiger partial charge in [-0.25, -0.2) is 0 Å². The summed E-state index contributed by atoms with van der Waals surface area (Å²) in [5.41, 5.74) is 0.997. The van der Waals surface area contributed by atoms with Gasteiger partial charge in [0.25, 0.3) is 0 Å². The van der Waals surface area contributed by atoms with Crippen LogP contribution >= 0.6 is 23.2 Å². The fraction of sp³-hybridized carbons (Fsp3) is 0.571. The Kier molecular flexibility index (Phi) is 5.34. The van der Waals surface area contributed by atoms with E-state index in [1.807, 2.05) is 6.07 Å². The van der Waals surface area contributed by atoms with Gasteiger partial charge in [-0.2, -0.15) is 0 Å². The first kappa shape index (κ1) is 14.9. The highest BCUT2D eigenvalue weighted by molar-refractivity contribution is 6.35. The zero-order valence-corrected chi connectivity index (χ0v) is 12.5. The molecule has 0 amide bonds. The van der Waals surface area contributed by atoms with E-state index in [2.05, 4.69) is 4.90 Å². The van der Waals surface area contributed by atoms with Crippen LogP contribution in [-0.2, 0) is 6.54 Å². The van der Waals surface area contributed by atoms with Crippen LogP contribution in [0.4, 0.5) is 0 Å². The van der Waals surface area contributed by atoms with Gasteiger partial charge >= 0.3 is 0 Å². The van der Waals surface area contributed by atoms with Gasteiger partial charge in [0.1, 0.15) is 5.75 Å². The molecule has 1 aliphatic heterocycles. The van der Waals surface area contributed by atoms with Crippen molar-refractivity contribution in [1.82, 2.24) is 4.90 Å². The quantitative estimate of drug-likeness (QED) is 0.929. The molecule has 0 spiro atoms. The molecule has 0 bridgehead atoms. The zero-order chi connectivity index (χ0) is 13.8. The van der Waals surface area contributed by atoms with Crippen molar-refractivity contribution < 1.29 is 9.84 Å². The van der Waals surface area contributed by atoms with Crippen LogP contribution in [0.15, 0.2) is 12.1 Å². The third-order valence-electron chi connectivity index (χ3n) is 3.47. The van der Waals surface area contributed by atoms with Crippen LogP contribution in [0.25, 0.3) is 0 Å². The van der Waals surface area contributed by atoms with Crippen molar-refractivity contribution in [2.45, 2.75) is 31.9 Å². The molecule has 1 heterocycles. The van der Waals surface area contributed by atoms with E-state index in [4.69, 9.17) is 27.9 Å². The van der Waals surface area contributed by atoms with E-state index in [0.717, 1.165) is 44.5 Å². The van der Waals surface area contributed by atoms with Gasteiger partial charge in [-0.05, 0) is 37.9 Å². The number of benzene rings is 1. The summed E-state index contributed by atoms with van der Waals surface area (Å²) in [7, 11) is 1.62. The molecule has 0 aromatic heterocycles. The molecule has 0 aliphatic carbocycles. The molecule has 0 radical (unpaired) electrons. The van der Waals surface area contributed by atoms with Crippen molar-refractivity contribution in [3.63, 3.8) is 0 Å². The molecule has 1 saturated heterocycles. The van der Waals surface area contributed by atoms with Gasteiger partial charge in [-0.15, -0.1) is 0 Å². The Bertz CT molecular complexity index is 440. The van der Waals surface area contributed by atoms with Gasteiger partial charge in [0, 0.05) is 23.7 Å². The minimum atomic E-state index is -0.171. The first-order chi connectivity index (χ1) is 9.10. The van der Waals surface area contributed by atoms with Crippen LogP contribution in [0.3, 0.4) is 0 Å². The van der Waals surface area contributed by atoms with E-state index in [9.17, 15) is 5.11 Å². The second-order valence-electron chi connectivity index (χ2n) is 4.94. The number of nitrogens with zero attached hydrogens (tertiary/aromatic N) is 1. The zero-order valence-electron chi connectivity index (χ0n) is 11.0. The Morgan fingerprint density at radius 1 is 1.32 bits per heavy atom. The highest BCUT2D eigenvalue weighted by atomic mass is 35.5. The molecular formula is C14H19Cl2NO2. The van der Waals surface area contributed by atoms with Gasteiger partial charge < -0.3 is 9.84 Å². The number of ether oxygens (including phenoxy) is 1. The van der Waals surface area contributed by atoms with E-state index >= 15 is 0 Å². The van der Waals surface area contributed by atoms with Crippen molar-refractivity contribution in [2.75, 3.05) is 20.2 Å². The molecule has 1 aromatic carbocycles. The van der Waals surface area contributed by atoms with Crippen LogP contribution in [0.2, 0.25) is 10.0 Å². The summed E-state index contributed by atoms with van der Waals surface area (Å²) in [5.74, 6) is 0.691. The van der Waals surface area contributed by atoms with Crippen LogP contribution in [0.5, 0.6) is 5.75 Å². The average molecular weight is 304 g/mol. The second-order valence-corrected chi connectivity index (χ2v) is 5.78. The van der Waals surface area contributed by atoms with E-state index in [1.165, 1.54) is 0 Å². The maximum absolute atomic E-state index is 9.67. The summed E-state index contributed by atoms with van der Waals surface area (Å²) in [6, 6.07) is 3.59. The molecule has 19 heavy (non-hydrogen) atoms. The first-order valence-corrected chi connectivity index (χ1v) is 7.28. The third kappa shape index (κ3) is 3.99. The van der Waals surface area contributed by atoms with Gasteiger partial charge in [-0.3, -0.25) is 4.90 Å². The molecule has 1 atom stereocenters. The second kappa shape index (κ2) is 6.80. The number of aliphatic hydroxyl groups is 1. The predicted octanol–water partition coefficient (Wildman–Crippen LogP) is 3.35. The highest BCUT2D eigenvalue weighted by Gasteiger charge is 2.17. The molecule has 0 unspecified atom stereocenters. The van der Waals surface area contributed by atoms with E-state index in [-0.39, 0.29) is 6.10 Å². The Labute approximate surface area is 124 Å². The summed E-state index contributed by atoms with van der Waals surface area (Å²) >= 11 is 12.2. The van der Waals surface area contributed by atoms with Crippen molar-refractivity contribution in [1.29, 1.82) is 0 Å². The Morgan fingerprint density at radius 3 is 2.84 bits per heavy atom. The number of hydrogen-bond acceptors (Lipinski definition) is 3. The number of aliphatic hydroxyl groups excluding tert-OH is 1. The van der Waals surface area contributed by atoms with Gasteiger partial charge in [0.2, 0.25) is 0 Å². The number of rotatable bonds is 3. The van der Waals surface area contributed by atoms with Crippen LogP contribution in [0, 0.1) is 0 Å². The summed E-state index contributed by atoms with van der Waals surface area (Å²) in [6.07, 6.45) is 2.54. The molecule has 1 fully saturated rings. The molecule has 1 aliphatic rings. The standard InChI is InChI=1S/C14H19Cl2NO2/c1-19-14-10(7-11(15)8-13(14)16)9-17-5-2-3-12(18)4-6-17/h7-8,12,18H,2-6,9H2,1H3/t12-/m1/s1. The van der Waals surface area contributed by atoms with Crippen LogP contribution in [-0.4, -0.2) is 36.3 Å². The number of hydrogen-bond donors (Lipinski definition) is 1. The molecule has 1 aromatic rings. The maximum atomic E-state index is 9.67. The summed E-state index contributed by atoms with van der Waals surface area (Å²) in [5, 5.41) is 10.8. The van der Waals surface area contributed by atoms with Gasteiger partial charge in [-0.1, -0.05) is 23.2 Å². The van der Waals surface area contributed by atoms with Crippen LogP contribution in [0.1, 0.15) is 24.8 Å². The number of likely N-dealkylation sites (tertiary alicyclic amines) is 1. The third-order valence-corrected chi connectivity index (χ3v) is 3.97. The molecular weight excluding hydrogens is 285 g/mol. The molecule has 2 rings (SSSR count). The summed E-state index contributed by atoms with van der Waals surface area (Å²) in [4.78, 5) is 2.31.